The standard InChI is InChI=1S/C17H16FN3O2S2/c1-21-6-5-10-13(8-21)24-15(14(10)16(22)23-2)20-17-19-11-4-3-9(18)7-12(11)25-17/h3-4,7H,5-6,8H2,1-2H3,(H,19,20). The molecule has 0 bridgehead atoms. The molecular weight excluding hydrogens is 361 g/mol. The third kappa shape index (κ3) is 3.01. The normalized spacial score (nSPS) is 14.5. The number of thiophene rings is 1. The number of carbonyl (C=O) groups is 1. The van der Waals surface area contributed by atoms with Gasteiger partial charge in [-0.1, -0.05) is 11.3 Å². The number of ether oxygens (including phenoxy) is 1. The number of likely N-dealkylation sites (N-methyl/N-ethyl adjacent to an activating group) is 1. The zero-order valence-corrected chi connectivity index (χ0v) is 15.4. The minimum atomic E-state index is -0.336. The lowest BCUT2D eigenvalue weighted by atomic mass is 10.0. The minimum absolute atomic E-state index is 0.285. The van der Waals surface area contributed by atoms with E-state index in [1.54, 1.807) is 17.4 Å². The number of aromatic nitrogens is 1. The average Bonchev–Trinajstić information content (AvgIpc) is 3.13. The molecule has 8 heteroatoms. The molecule has 0 radical (unpaired) electrons. The molecule has 0 saturated carbocycles. The lowest BCUT2D eigenvalue weighted by molar-refractivity contribution is 0.0600. The van der Waals surface area contributed by atoms with Crippen molar-refractivity contribution in [1.29, 1.82) is 0 Å². The van der Waals surface area contributed by atoms with E-state index in [0.717, 1.165) is 40.3 Å². The Bertz CT molecular complexity index is 966. The third-order valence-corrected chi connectivity index (χ3v) is 6.27. The maximum atomic E-state index is 13.4. The smallest absolute Gasteiger partial charge is 0.341 e. The Labute approximate surface area is 152 Å². The molecule has 0 saturated heterocycles. The molecule has 3 heterocycles. The fourth-order valence-electron chi connectivity index (χ4n) is 2.99. The van der Waals surface area contributed by atoms with Crippen molar-refractivity contribution in [2.75, 3.05) is 26.0 Å². The Morgan fingerprint density at radius 2 is 2.24 bits per heavy atom. The van der Waals surface area contributed by atoms with Gasteiger partial charge in [-0.05, 0) is 37.2 Å². The van der Waals surface area contributed by atoms with Gasteiger partial charge in [-0.2, -0.15) is 0 Å². The zero-order chi connectivity index (χ0) is 17.6. The van der Waals surface area contributed by atoms with Crippen LogP contribution in [0.5, 0.6) is 0 Å². The van der Waals surface area contributed by atoms with Crippen molar-refractivity contribution >= 4 is 49.0 Å². The molecule has 130 valence electrons. The number of halogens is 1. The Morgan fingerprint density at radius 3 is 3.04 bits per heavy atom. The number of esters is 1. The molecule has 0 spiro atoms. The first-order chi connectivity index (χ1) is 12.0. The van der Waals surface area contributed by atoms with Gasteiger partial charge in [0.1, 0.15) is 10.8 Å². The van der Waals surface area contributed by atoms with Gasteiger partial charge in [-0.15, -0.1) is 11.3 Å². The predicted molar refractivity (Wildman–Crippen MR) is 98.6 cm³/mol. The number of rotatable bonds is 3. The number of benzene rings is 1. The number of fused-ring (bicyclic) bond motifs is 2. The Kier molecular flexibility index (Phi) is 4.18. The van der Waals surface area contributed by atoms with E-state index in [4.69, 9.17) is 4.74 Å². The molecule has 5 nitrogen and oxygen atoms in total. The summed E-state index contributed by atoms with van der Waals surface area (Å²) in [5, 5.41) is 4.63. The molecule has 0 amide bonds. The van der Waals surface area contributed by atoms with Crippen LogP contribution in [0.15, 0.2) is 18.2 Å². The van der Waals surface area contributed by atoms with Crippen molar-refractivity contribution in [3.05, 3.63) is 40.0 Å². The second kappa shape index (κ2) is 6.36. The van der Waals surface area contributed by atoms with Crippen LogP contribution in [-0.2, 0) is 17.7 Å². The van der Waals surface area contributed by atoms with E-state index in [1.165, 1.54) is 35.5 Å². The van der Waals surface area contributed by atoms with Crippen molar-refractivity contribution in [3.8, 4) is 0 Å². The van der Waals surface area contributed by atoms with Crippen LogP contribution in [0.1, 0.15) is 20.8 Å². The number of hydrogen-bond donors (Lipinski definition) is 1. The second-order valence-corrected chi connectivity index (χ2v) is 8.08. The highest BCUT2D eigenvalue weighted by molar-refractivity contribution is 7.23. The summed E-state index contributed by atoms with van der Waals surface area (Å²) in [6.45, 7) is 1.73. The van der Waals surface area contributed by atoms with Crippen molar-refractivity contribution in [3.63, 3.8) is 0 Å². The van der Waals surface area contributed by atoms with Gasteiger partial charge in [0.2, 0.25) is 0 Å². The van der Waals surface area contributed by atoms with Crippen LogP contribution in [-0.4, -0.2) is 36.6 Å². The van der Waals surface area contributed by atoms with Crippen molar-refractivity contribution in [1.82, 2.24) is 9.88 Å². The first-order valence-corrected chi connectivity index (χ1v) is 9.43. The molecule has 4 rings (SSSR count). The van der Waals surface area contributed by atoms with Crippen LogP contribution in [0, 0.1) is 5.82 Å². The molecule has 0 atom stereocenters. The maximum absolute atomic E-state index is 13.4. The largest absolute Gasteiger partial charge is 0.465 e. The highest BCUT2D eigenvalue weighted by atomic mass is 32.1. The minimum Gasteiger partial charge on any atom is -0.465 e. The zero-order valence-electron chi connectivity index (χ0n) is 13.8. The SMILES string of the molecule is COC(=O)c1c(Nc2nc3ccc(F)cc3s2)sc2c1CCN(C)C2. The van der Waals surface area contributed by atoms with E-state index in [0.29, 0.717) is 10.7 Å². The van der Waals surface area contributed by atoms with Crippen LogP contribution in [0.25, 0.3) is 10.2 Å². The summed E-state index contributed by atoms with van der Waals surface area (Å²) in [4.78, 5) is 20.2. The van der Waals surface area contributed by atoms with Crippen molar-refractivity contribution in [2.45, 2.75) is 13.0 Å². The summed E-state index contributed by atoms with van der Waals surface area (Å²) < 4.78 is 19.1. The highest BCUT2D eigenvalue weighted by Crippen LogP contribution is 2.40. The van der Waals surface area contributed by atoms with Gasteiger partial charge in [-0.3, -0.25) is 0 Å². The summed E-state index contributed by atoms with van der Waals surface area (Å²) in [5.41, 5.74) is 2.39. The highest BCUT2D eigenvalue weighted by Gasteiger charge is 2.28. The number of carbonyl (C=O) groups excluding carboxylic acids is 1. The molecular formula is C17H16FN3O2S2. The van der Waals surface area contributed by atoms with Crippen LogP contribution < -0.4 is 5.32 Å². The lowest BCUT2D eigenvalue weighted by Gasteiger charge is -2.22. The average molecular weight is 377 g/mol. The summed E-state index contributed by atoms with van der Waals surface area (Å²) in [5.74, 6) is -0.621. The van der Waals surface area contributed by atoms with Gasteiger partial charge in [0.15, 0.2) is 5.13 Å². The van der Waals surface area contributed by atoms with E-state index >= 15 is 0 Å². The quantitative estimate of drug-likeness (QED) is 0.699. The van der Waals surface area contributed by atoms with Crippen LogP contribution >= 0.6 is 22.7 Å². The second-order valence-electron chi connectivity index (χ2n) is 5.94. The molecule has 2 aromatic heterocycles. The molecule has 1 aromatic carbocycles. The maximum Gasteiger partial charge on any atom is 0.341 e. The molecule has 25 heavy (non-hydrogen) atoms. The topological polar surface area (TPSA) is 54.5 Å². The number of nitrogens with one attached hydrogen (secondary N) is 1. The summed E-state index contributed by atoms with van der Waals surface area (Å²) in [7, 11) is 3.46. The molecule has 1 aliphatic heterocycles. The van der Waals surface area contributed by atoms with Gasteiger partial charge in [0.05, 0.1) is 22.9 Å². The fraction of sp³-hybridized carbons (Fsp3) is 0.294. The number of thiazole rings is 1. The third-order valence-electron chi connectivity index (χ3n) is 4.21. The Hall–Kier alpha value is -2.03. The van der Waals surface area contributed by atoms with Gasteiger partial charge >= 0.3 is 5.97 Å². The first kappa shape index (κ1) is 16.4. The predicted octanol–water partition coefficient (Wildman–Crippen LogP) is 4.02. The van der Waals surface area contributed by atoms with E-state index in [-0.39, 0.29) is 11.8 Å². The van der Waals surface area contributed by atoms with E-state index in [9.17, 15) is 9.18 Å². The Morgan fingerprint density at radius 1 is 1.40 bits per heavy atom. The Balaban J connectivity index is 1.74. The van der Waals surface area contributed by atoms with Gasteiger partial charge in [0.25, 0.3) is 0 Å². The lowest BCUT2D eigenvalue weighted by Crippen LogP contribution is -2.26. The van der Waals surface area contributed by atoms with E-state index in [1.807, 2.05) is 0 Å². The van der Waals surface area contributed by atoms with Crippen LogP contribution in [0.2, 0.25) is 0 Å². The summed E-state index contributed by atoms with van der Waals surface area (Å²) in [6, 6.07) is 4.52. The van der Waals surface area contributed by atoms with Gasteiger partial charge in [0, 0.05) is 18.0 Å². The first-order valence-electron chi connectivity index (χ1n) is 7.79. The van der Waals surface area contributed by atoms with Gasteiger partial charge in [-0.25, -0.2) is 14.2 Å². The molecule has 0 unspecified atom stereocenters. The molecule has 0 aliphatic carbocycles. The number of anilines is 2. The molecule has 3 aromatic rings. The molecule has 1 aliphatic rings. The fourth-order valence-corrected chi connectivity index (χ4v) is 5.26. The van der Waals surface area contributed by atoms with E-state index in [2.05, 4.69) is 22.2 Å². The summed E-state index contributed by atoms with van der Waals surface area (Å²) >= 11 is 2.92. The summed E-state index contributed by atoms with van der Waals surface area (Å²) in [6.07, 6.45) is 0.819. The number of nitrogens with zero attached hydrogens (tertiary/aromatic N) is 2. The van der Waals surface area contributed by atoms with Gasteiger partial charge < -0.3 is 15.0 Å². The van der Waals surface area contributed by atoms with E-state index < -0.39 is 0 Å². The monoisotopic (exact) mass is 377 g/mol. The van der Waals surface area contributed by atoms with Crippen LogP contribution in [0.3, 0.4) is 0 Å². The molecule has 1 N–H and O–H groups in total. The number of methoxy groups -OCH3 is 1. The van der Waals surface area contributed by atoms with Crippen LogP contribution in [0.4, 0.5) is 14.5 Å². The van der Waals surface area contributed by atoms with Crippen molar-refractivity contribution < 1.29 is 13.9 Å². The molecule has 0 fully saturated rings. The number of hydrogen-bond acceptors (Lipinski definition) is 7. The van der Waals surface area contributed by atoms with Crippen molar-refractivity contribution in [2.24, 2.45) is 0 Å².